The van der Waals surface area contributed by atoms with Gasteiger partial charge in [0.2, 0.25) is 5.91 Å². The van der Waals surface area contributed by atoms with E-state index in [2.05, 4.69) is 15.0 Å². The van der Waals surface area contributed by atoms with Gasteiger partial charge in [-0.05, 0) is 30.7 Å². The Labute approximate surface area is 190 Å². The standard InChI is InChI=1S/C22H27FN6O4/c23-13-1-3-14(4-2-13)28-20(24)16(21(25)30)9-26-18-5-7-29(11-17(18)19-10-27-19)22(31)33-15-6-8-32-12-15/h1-4,9,15-18H,5-8,10-12H2,(H2,24,28)(H2,25,30). The second kappa shape index (κ2) is 10.1. The Bertz CT molecular complexity index is 974. The van der Waals surface area contributed by atoms with E-state index in [0.717, 1.165) is 5.71 Å². The Morgan fingerprint density at radius 1 is 1.27 bits per heavy atom. The molecule has 4 unspecified atom stereocenters. The Morgan fingerprint density at radius 2 is 2.03 bits per heavy atom. The van der Waals surface area contributed by atoms with Crippen LogP contribution in [0.5, 0.6) is 0 Å². The van der Waals surface area contributed by atoms with Gasteiger partial charge >= 0.3 is 6.09 Å². The Kier molecular flexibility index (Phi) is 6.97. The van der Waals surface area contributed by atoms with Crippen LogP contribution in [0.25, 0.3) is 0 Å². The first-order valence-electron chi connectivity index (χ1n) is 10.9. The molecular weight excluding hydrogens is 431 g/mol. The van der Waals surface area contributed by atoms with Crippen molar-refractivity contribution in [2.24, 2.45) is 38.3 Å². The third kappa shape index (κ3) is 5.92. The quantitative estimate of drug-likeness (QED) is 0.463. The second-order valence-electron chi connectivity index (χ2n) is 8.28. The molecule has 3 aliphatic heterocycles. The van der Waals surface area contributed by atoms with E-state index >= 15 is 0 Å². The molecule has 4 atom stereocenters. The van der Waals surface area contributed by atoms with Crippen molar-refractivity contribution in [3.05, 3.63) is 30.1 Å². The zero-order valence-corrected chi connectivity index (χ0v) is 18.1. The van der Waals surface area contributed by atoms with Gasteiger partial charge in [-0.15, -0.1) is 0 Å². The number of amides is 2. The van der Waals surface area contributed by atoms with E-state index in [9.17, 15) is 14.0 Å². The van der Waals surface area contributed by atoms with Crippen LogP contribution in [0, 0.1) is 17.7 Å². The Balaban J connectivity index is 1.42. The van der Waals surface area contributed by atoms with Gasteiger partial charge in [-0.3, -0.25) is 14.8 Å². The van der Waals surface area contributed by atoms with Crippen molar-refractivity contribution in [2.45, 2.75) is 25.0 Å². The van der Waals surface area contributed by atoms with Crippen LogP contribution >= 0.6 is 0 Å². The van der Waals surface area contributed by atoms with Gasteiger partial charge in [0.1, 0.15) is 23.7 Å². The number of likely N-dealkylation sites (tertiary alicyclic amines) is 1. The summed E-state index contributed by atoms with van der Waals surface area (Å²) >= 11 is 0. The van der Waals surface area contributed by atoms with Crippen molar-refractivity contribution in [3.63, 3.8) is 0 Å². The van der Waals surface area contributed by atoms with Gasteiger partial charge in [-0.25, -0.2) is 14.2 Å². The molecule has 0 aliphatic carbocycles. The second-order valence-corrected chi connectivity index (χ2v) is 8.28. The van der Waals surface area contributed by atoms with E-state index in [1.807, 2.05) is 0 Å². The number of amidine groups is 1. The number of benzene rings is 1. The zero-order chi connectivity index (χ0) is 23.4. The Morgan fingerprint density at radius 3 is 2.67 bits per heavy atom. The van der Waals surface area contributed by atoms with Gasteiger partial charge in [0.05, 0.1) is 31.5 Å². The first-order valence-corrected chi connectivity index (χ1v) is 10.9. The molecule has 3 heterocycles. The summed E-state index contributed by atoms with van der Waals surface area (Å²) in [6.45, 7) is 2.58. The summed E-state index contributed by atoms with van der Waals surface area (Å²) in [5, 5.41) is 0. The first kappa shape index (κ1) is 22.8. The van der Waals surface area contributed by atoms with Gasteiger partial charge in [0.15, 0.2) is 0 Å². The van der Waals surface area contributed by atoms with Crippen LogP contribution in [0.4, 0.5) is 14.9 Å². The molecule has 0 radical (unpaired) electrons. The molecule has 10 nitrogen and oxygen atoms in total. The highest BCUT2D eigenvalue weighted by Gasteiger charge is 2.38. The third-order valence-electron chi connectivity index (χ3n) is 5.90. The highest BCUT2D eigenvalue weighted by atomic mass is 19.1. The molecular formula is C22H27FN6O4. The van der Waals surface area contributed by atoms with Crippen LogP contribution < -0.4 is 11.5 Å². The number of aliphatic imine (C=N–C) groups is 3. The summed E-state index contributed by atoms with van der Waals surface area (Å²) in [6, 6.07) is 5.22. The fourth-order valence-electron chi connectivity index (χ4n) is 3.94. The maximum atomic E-state index is 13.1. The summed E-state index contributed by atoms with van der Waals surface area (Å²) in [7, 11) is 0. The van der Waals surface area contributed by atoms with Crippen molar-refractivity contribution in [3.8, 4) is 0 Å². The number of primary amides is 1. The molecule has 2 amide bonds. The molecule has 0 aromatic heterocycles. The minimum absolute atomic E-state index is 0.0297. The average Bonchev–Trinajstić information content (AvgIpc) is 3.51. The van der Waals surface area contributed by atoms with E-state index < -0.39 is 17.6 Å². The van der Waals surface area contributed by atoms with Gasteiger partial charge < -0.3 is 25.8 Å². The fraction of sp³-hybridized carbons (Fsp3) is 0.500. The summed E-state index contributed by atoms with van der Waals surface area (Å²) in [5.41, 5.74) is 12.9. The van der Waals surface area contributed by atoms with Crippen LogP contribution in [0.15, 0.2) is 39.2 Å². The molecule has 0 bridgehead atoms. The summed E-state index contributed by atoms with van der Waals surface area (Å²) in [5.74, 6) is -2.20. The maximum Gasteiger partial charge on any atom is 0.410 e. The number of carbonyl (C=O) groups is 2. The number of hydrogen-bond donors (Lipinski definition) is 2. The normalized spacial score (nSPS) is 26.2. The number of piperidine rings is 1. The number of rotatable bonds is 7. The van der Waals surface area contributed by atoms with Crippen LogP contribution in [-0.4, -0.2) is 79.7 Å². The molecule has 2 fully saturated rings. The number of ether oxygens (including phenoxy) is 2. The highest BCUT2D eigenvalue weighted by molar-refractivity contribution is 6.14. The van der Waals surface area contributed by atoms with Crippen molar-refractivity contribution >= 4 is 35.4 Å². The molecule has 4 rings (SSSR count). The fourth-order valence-corrected chi connectivity index (χ4v) is 3.94. The highest BCUT2D eigenvalue weighted by Crippen LogP contribution is 2.27. The van der Waals surface area contributed by atoms with E-state index in [1.54, 1.807) is 4.90 Å². The van der Waals surface area contributed by atoms with Crippen LogP contribution in [-0.2, 0) is 14.3 Å². The van der Waals surface area contributed by atoms with Gasteiger partial charge in [0, 0.05) is 37.4 Å². The summed E-state index contributed by atoms with van der Waals surface area (Å²) in [6.07, 6.45) is 2.14. The molecule has 0 saturated carbocycles. The van der Waals surface area contributed by atoms with Gasteiger partial charge in [0.25, 0.3) is 0 Å². The predicted molar refractivity (Wildman–Crippen MR) is 120 cm³/mol. The van der Waals surface area contributed by atoms with Crippen LogP contribution in [0.2, 0.25) is 0 Å². The molecule has 11 heteroatoms. The number of halogens is 1. The third-order valence-corrected chi connectivity index (χ3v) is 5.90. The first-order chi connectivity index (χ1) is 15.9. The SMILES string of the molecule is NC(=O)C(C=NC1CCN(C(=O)OC2CCOC2)CC1C1=NC1)C(N)=Nc1ccc(F)cc1. The molecule has 1 aromatic carbocycles. The van der Waals surface area contributed by atoms with Crippen molar-refractivity contribution < 1.29 is 23.5 Å². The summed E-state index contributed by atoms with van der Waals surface area (Å²) < 4.78 is 23.9. The number of nitrogens with two attached hydrogens (primary N) is 2. The van der Waals surface area contributed by atoms with Gasteiger partial charge in [-0.2, -0.15) is 0 Å². The van der Waals surface area contributed by atoms with Crippen LogP contribution in [0.1, 0.15) is 12.8 Å². The van der Waals surface area contributed by atoms with E-state index in [1.165, 1.54) is 30.5 Å². The van der Waals surface area contributed by atoms with Crippen molar-refractivity contribution in [2.75, 3.05) is 32.8 Å². The molecule has 176 valence electrons. The molecule has 4 N–H and O–H groups in total. The zero-order valence-electron chi connectivity index (χ0n) is 18.1. The van der Waals surface area contributed by atoms with E-state index in [0.29, 0.717) is 51.4 Å². The maximum absolute atomic E-state index is 13.1. The number of carbonyl (C=O) groups excluding carboxylic acids is 2. The van der Waals surface area contributed by atoms with Crippen LogP contribution in [0.3, 0.4) is 0 Å². The minimum Gasteiger partial charge on any atom is -0.444 e. The minimum atomic E-state index is -1.01. The monoisotopic (exact) mass is 458 g/mol. The number of nitrogens with zero attached hydrogens (tertiary/aromatic N) is 4. The van der Waals surface area contributed by atoms with Crippen molar-refractivity contribution in [1.82, 2.24) is 4.90 Å². The average molecular weight is 458 g/mol. The Hall–Kier alpha value is -3.34. The predicted octanol–water partition coefficient (Wildman–Crippen LogP) is 1.06. The number of hydrogen-bond acceptors (Lipinski definition) is 7. The largest absolute Gasteiger partial charge is 0.444 e. The smallest absolute Gasteiger partial charge is 0.410 e. The lowest BCUT2D eigenvalue weighted by molar-refractivity contribution is -0.118. The molecule has 2 saturated heterocycles. The van der Waals surface area contributed by atoms with Crippen molar-refractivity contribution in [1.29, 1.82) is 0 Å². The lowest BCUT2D eigenvalue weighted by atomic mass is 9.90. The van der Waals surface area contributed by atoms with E-state index in [-0.39, 0.29) is 30.0 Å². The molecule has 1 aromatic rings. The lowest BCUT2D eigenvalue weighted by Gasteiger charge is -2.35. The lowest BCUT2D eigenvalue weighted by Crippen LogP contribution is -2.48. The van der Waals surface area contributed by atoms with Gasteiger partial charge in [-0.1, -0.05) is 0 Å². The molecule has 0 spiro atoms. The van der Waals surface area contributed by atoms with E-state index in [4.69, 9.17) is 20.9 Å². The molecule has 33 heavy (non-hydrogen) atoms. The molecule has 3 aliphatic rings. The topological polar surface area (TPSA) is 145 Å². The summed E-state index contributed by atoms with van der Waals surface area (Å²) in [4.78, 5) is 39.3.